The number of carbonyl (C=O) groups excluding carboxylic acids is 2. The number of hydrogen-bond donors (Lipinski definition) is 0. The van der Waals surface area contributed by atoms with Gasteiger partial charge >= 0.3 is 11.9 Å². The fourth-order valence-corrected chi connectivity index (χ4v) is 2.74. The zero-order chi connectivity index (χ0) is 27.3. The smallest absolute Gasteiger partial charge is 0.376 e. The van der Waals surface area contributed by atoms with Crippen LogP contribution in [0.25, 0.3) is 0 Å². The third-order valence-electron chi connectivity index (χ3n) is 4.60. The van der Waals surface area contributed by atoms with E-state index in [1.54, 1.807) is 0 Å². The molecule has 0 radical (unpaired) electrons. The fraction of sp³-hybridized carbons (Fsp3) is 0.154. The van der Waals surface area contributed by atoms with Crippen molar-refractivity contribution < 1.29 is 37.3 Å². The van der Waals surface area contributed by atoms with Gasteiger partial charge < -0.3 is 18.9 Å². The first kappa shape index (κ1) is 27.6. The van der Waals surface area contributed by atoms with Gasteiger partial charge in [0, 0.05) is 0 Å². The Balaban J connectivity index is 0.000000211. The lowest BCUT2D eigenvalue weighted by molar-refractivity contribution is 0.0576. The standard InChI is InChI=1S/2C13H11FN2O3/c2*1-18-13(17)11-15-7-10(14)12(16-11)19-8-9-5-3-2-4-6-9/h2*2-7H,8H2,1H3. The quantitative estimate of drug-likeness (QED) is 0.313. The summed E-state index contributed by atoms with van der Waals surface area (Å²) < 4.78 is 46.2. The normalized spacial score (nSPS) is 10.0. The van der Waals surface area contributed by atoms with Crippen LogP contribution in [0.1, 0.15) is 32.4 Å². The van der Waals surface area contributed by atoms with E-state index in [4.69, 9.17) is 9.47 Å². The lowest BCUT2D eigenvalue weighted by Crippen LogP contribution is -2.10. The van der Waals surface area contributed by atoms with Gasteiger partial charge in [-0.15, -0.1) is 0 Å². The van der Waals surface area contributed by atoms with E-state index in [-0.39, 0.29) is 36.6 Å². The van der Waals surface area contributed by atoms with Crippen LogP contribution in [0.5, 0.6) is 11.8 Å². The monoisotopic (exact) mass is 524 g/mol. The van der Waals surface area contributed by atoms with Crippen LogP contribution in [-0.4, -0.2) is 46.1 Å². The van der Waals surface area contributed by atoms with Gasteiger partial charge in [-0.3, -0.25) is 0 Å². The van der Waals surface area contributed by atoms with Crippen molar-refractivity contribution in [2.24, 2.45) is 0 Å². The molecule has 0 spiro atoms. The van der Waals surface area contributed by atoms with E-state index in [2.05, 4.69) is 29.4 Å². The number of rotatable bonds is 8. The Kier molecular flexibility index (Phi) is 10.1. The molecule has 0 amide bonds. The Morgan fingerprint density at radius 1 is 0.658 bits per heavy atom. The molecule has 0 fully saturated rings. The molecule has 0 atom stereocenters. The molecule has 196 valence electrons. The minimum absolute atomic E-state index is 0.148. The number of hydrogen-bond acceptors (Lipinski definition) is 10. The summed E-state index contributed by atoms with van der Waals surface area (Å²) in [6, 6.07) is 18.4. The maximum absolute atomic E-state index is 13.4. The summed E-state index contributed by atoms with van der Waals surface area (Å²) in [5.41, 5.74) is 1.72. The summed E-state index contributed by atoms with van der Waals surface area (Å²) in [6.07, 6.45) is 1.75. The van der Waals surface area contributed by atoms with Crippen molar-refractivity contribution in [2.75, 3.05) is 14.2 Å². The molecule has 2 aromatic heterocycles. The Hall–Kier alpha value is -5.00. The van der Waals surface area contributed by atoms with E-state index in [1.165, 1.54) is 14.2 Å². The van der Waals surface area contributed by atoms with Gasteiger partial charge in [0.1, 0.15) is 13.2 Å². The van der Waals surface area contributed by atoms with Crippen molar-refractivity contribution in [1.82, 2.24) is 19.9 Å². The van der Waals surface area contributed by atoms with Crippen molar-refractivity contribution in [3.05, 3.63) is 107 Å². The number of carbonyl (C=O) groups is 2. The van der Waals surface area contributed by atoms with Gasteiger partial charge in [0.15, 0.2) is 0 Å². The average molecular weight is 524 g/mol. The number of esters is 2. The highest BCUT2D eigenvalue weighted by Gasteiger charge is 2.15. The van der Waals surface area contributed by atoms with Crippen LogP contribution in [0.15, 0.2) is 73.1 Å². The van der Waals surface area contributed by atoms with E-state index < -0.39 is 23.6 Å². The second-order valence-electron chi connectivity index (χ2n) is 7.23. The molecule has 4 rings (SSSR count). The summed E-state index contributed by atoms with van der Waals surface area (Å²) in [6.45, 7) is 0.296. The molecule has 12 heteroatoms. The Labute approximate surface area is 216 Å². The molecule has 38 heavy (non-hydrogen) atoms. The zero-order valence-corrected chi connectivity index (χ0v) is 20.3. The number of halogens is 2. The Morgan fingerprint density at radius 2 is 1.03 bits per heavy atom. The van der Waals surface area contributed by atoms with Gasteiger partial charge in [-0.05, 0) is 11.1 Å². The van der Waals surface area contributed by atoms with Crippen LogP contribution in [0.3, 0.4) is 0 Å². The van der Waals surface area contributed by atoms with E-state index in [0.717, 1.165) is 23.5 Å². The molecule has 0 aliphatic rings. The fourth-order valence-electron chi connectivity index (χ4n) is 2.74. The summed E-state index contributed by atoms with van der Waals surface area (Å²) in [4.78, 5) is 36.9. The highest BCUT2D eigenvalue weighted by atomic mass is 19.1. The van der Waals surface area contributed by atoms with Crippen LogP contribution in [0.2, 0.25) is 0 Å². The SMILES string of the molecule is COC(=O)c1ncc(F)c(OCc2ccccc2)n1.COC(=O)c1ncc(F)c(OCc2ccccc2)n1. The van der Waals surface area contributed by atoms with Crippen LogP contribution in [-0.2, 0) is 22.7 Å². The van der Waals surface area contributed by atoms with Crippen LogP contribution in [0, 0.1) is 11.6 Å². The summed E-state index contributed by atoms with van der Waals surface area (Å²) in [5, 5.41) is 0. The van der Waals surface area contributed by atoms with E-state index >= 15 is 0 Å². The molecular weight excluding hydrogens is 502 g/mol. The minimum Gasteiger partial charge on any atom is -0.471 e. The Bertz CT molecular complexity index is 1260. The van der Waals surface area contributed by atoms with Crippen molar-refractivity contribution >= 4 is 11.9 Å². The maximum atomic E-state index is 13.4. The van der Waals surface area contributed by atoms with Crippen LogP contribution >= 0.6 is 0 Å². The van der Waals surface area contributed by atoms with Gasteiger partial charge in [0.05, 0.1) is 26.6 Å². The molecular formula is C26H22F2N4O6. The number of aromatic nitrogens is 4. The second kappa shape index (κ2) is 13.9. The number of methoxy groups -OCH3 is 2. The van der Waals surface area contributed by atoms with Crippen molar-refractivity contribution in [2.45, 2.75) is 13.2 Å². The largest absolute Gasteiger partial charge is 0.471 e. The third-order valence-corrected chi connectivity index (χ3v) is 4.60. The van der Waals surface area contributed by atoms with E-state index in [1.807, 2.05) is 60.7 Å². The lowest BCUT2D eigenvalue weighted by Gasteiger charge is -2.06. The molecule has 0 N–H and O–H groups in total. The topological polar surface area (TPSA) is 123 Å². The molecule has 0 saturated heterocycles. The van der Waals surface area contributed by atoms with Gasteiger partial charge in [0.2, 0.25) is 23.3 Å². The van der Waals surface area contributed by atoms with Crippen molar-refractivity contribution in [1.29, 1.82) is 0 Å². The van der Waals surface area contributed by atoms with Crippen LogP contribution < -0.4 is 9.47 Å². The summed E-state index contributed by atoms with van der Waals surface area (Å²) >= 11 is 0. The second-order valence-corrected chi connectivity index (χ2v) is 7.23. The molecule has 2 heterocycles. The predicted molar refractivity (Wildman–Crippen MR) is 128 cm³/mol. The van der Waals surface area contributed by atoms with Crippen molar-refractivity contribution in [3.63, 3.8) is 0 Å². The highest BCUT2D eigenvalue weighted by molar-refractivity contribution is 5.85. The first-order valence-electron chi connectivity index (χ1n) is 11.0. The Morgan fingerprint density at radius 3 is 1.37 bits per heavy atom. The molecule has 0 saturated carbocycles. The predicted octanol–water partition coefficient (Wildman–Crippen LogP) is 3.96. The molecule has 0 unspecified atom stereocenters. The highest BCUT2D eigenvalue weighted by Crippen LogP contribution is 2.16. The average Bonchev–Trinajstić information content (AvgIpc) is 2.97. The van der Waals surface area contributed by atoms with Gasteiger partial charge in [-0.2, -0.15) is 18.7 Å². The van der Waals surface area contributed by atoms with Gasteiger partial charge in [-0.1, -0.05) is 60.7 Å². The summed E-state index contributed by atoms with van der Waals surface area (Å²) in [7, 11) is 2.39. The maximum Gasteiger partial charge on any atom is 0.376 e. The van der Waals surface area contributed by atoms with E-state index in [0.29, 0.717) is 0 Å². The number of benzene rings is 2. The summed E-state index contributed by atoms with van der Waals surface area (Å²) in [5.74, 6) is -4.00. The molecule has 4 aromatic rings. The molecule has 0 aliphatic carbocycles. The first-order chi connectivity index (χ1) is 18.4. The first-order valence-corrected chi connectivity index (χ1v) is 11.0. The molecule has 2 aromatic carbocycles. The van der Waals surface area contributed by atoms with Gasteiger partial charge in [0.25, 0.3) is 11.8 Å². The zero-order valence-electron chi connectivity index (χ0n) is 20.3. The van der Waals surface area contributed by atoms with Crippen molar-refractivity contribution in [3.8, 4) is 11.8 Å². The molecule has 0 aliphatic heterocycles. The number of nitrogens with zero attached hydrogens (tertiary/aromatic N) is 4. The van der Waals surface area contributed by atoms with E-state index in [9.17, 15) is 18.4 Å². The van der Waals surface area contributed by atoms with Crippen LogP contribution in [0.4, 0.5) is 8.78 Å². The minimum atomic E-state index is -0.746. The molecule has 0 bridgehead atoms. The molecule has 10 nitrogen and oxygen atoms in total. The third kappa shape index (κ3) is 8.01. The van der Waals surface area contributed by atoms with Gasteiger partial charge in [-0.25, -0.2) is 19.6 Å². The lowest BCUT2D eigenvalue weighted by atomic mass is 10.2. The number of ether oxygens (including phenoxy) is 4.